The Hall–Kier alpha value is -0.860. The van der Waals surface area contributed by atoms with Gasteiger partial charge in [-0.2, -0.15) is 4.31 Å². The molecule has 0 radical (unpaired) electrons. The zero-order chi connectivity index (χ0) is 17.2. The summed E-state index contributed by atoms with van der Waals surface area (Å²) in [7, 11) is -3.79. The molecule has 9 heteroatoms. The van der Waals surface area contributed by atoms with E-state index >= 15 is 0 Å². The van der Waals surface area contributed by atoms with Gasteiger partial charge in [0, 0.05) is 13.1 Å². The SMILES string of the molecule is Cc1cc(Cl)c(S(=O)(=O)N2CCC(COCC(=O)O)C2)c(Cl)c1. The second-order valence-corrected chi connectivity index (χ2v) is 8.17. The van der Waals surface area contributed by atoms with E-state index in [-0.39, 0.29) is 34.0 Å². The first-order valence-electron chi connectivity index (χ1n) is 6.97. The number of aryl methyl sites for hydroxylation is 1. The zero-order valence-electron chi connectivity index (χ0n) is 12.5. The van der Waals surface area contributed by atoms with Crippen LogP contribution < -0.4 is 0 Å². The van der Waals surface area contributed by atoms with Gasteiger partial charge in [0.1, 0.15) is 11.5 Å². The normalized spacial score (nSPS) is 19.2. The summed E-state index contributed by atoms with van der Waals surface area (Å²) in [6.07, 6.45) is 0.597. The van der Waals surface area contributed by atoms with Crippen molar-refractivity contribution in [3.05, 3.63) is 27.7 Å². The van der Waals surface area contributed by atoms with E-state index in [9.17, 15) is 13.2 Å². The number of benzene rings is 1. The third-order valence-corrected chi connectivity index (χ3v) is 6.36. The molecule has 6 nitrogen and oxygen atoms in total. The van der Waals surface area contributed by atoms with Gasteiger partial charge in [0.25, 0.3) is 0 Å². The number of nitrogens with zero attached hydrogens (tertiary/aromatic N) is 1. The van der Waals surface area contributed by atoms with E-state index in [1.807, 2.05) is 0 Å². The van der Waals surface area contributed by atoms with Crippen LogP contribution in [0.25, 0.3) is 0 Å². The van der Waals surface area contributed by atoms with Gasteiger partial charge in [0.2, 0.25) is 10.0 Å². The minimum absolute atomic E-state index is 0.0490. The smallest absolute Gasteiger partial charge is 0.329 e. The van der Waals surface area contributed by atoms with Crippen LogP contribution in [0.4, 0.5) is 0 Å². The van der Waals surface area contributed by atoms with E-state index in [4.69, 9.17) is 33.0 Å². The lowest BCUT2D eigenvalue weighted by Crippen LogP contribution is -2.30. The van der Waals surface area contributed by atoms with E-state index in [0.29, 0.717) is 13.0 Å². The van der Waals surface area contributed by atoms with Gasteiger partial charge in [-0.15, -0.1) is 0 Å². The summed E-state index contributed by atoms with van der Waals surface area (Å²) in [4.78, 5) is 10.3. The molecule has 0 aromatic heterocycles. The number of halogens is 2. The van der Waals surface area contributed by atoms with Crippen molar-refractivity contribution in [3.63, 3.8) is 0 Å². The standard InChI is InChI=1S/C14H17Cl2NO5S/c1-9-4-11(15)14(12(16)5-9)23(20,21)17-3-2-10(6-17)7-22-8-13(18)19/h4-5,10H,2-3,6-8H2,1H3,(H,18,19). The number of aliphatic carboxylic acids is 1. The average Bonchev–Trinajstić information content (AvgIpc) is 2.86. The molecule has 128 valence electrons. The van der Waals surface area contributed by atoms with Crippen molar-refractivity contribution in [1.29, 1.82) is 0 Å². The Labute approximate surface area is 145 Å². The molecular weight excluding hydrogens is 365 g/mol. The highest BCUT2D eigenvalue weighted by Crippen LogP contribution is 2.34. The van der Waals surface area contributed by atoms with E-state index in [0.717, 1.165) is 5.56 Å². The second-order valence-electron chi connectivity index (χ2n) is 5.48. The van der Waals surface area contributed by atoms with E-state index in [1.165, 1.54) is 4.31 Å². The van der Waals surface area contributed by atoms with Gasteiger partial charge in [-0.25, -0.2) is 13.2 Å². The molecule has 0 amide bonds. The fourth-order valence-electron chi connectivity index (χ4n) is 2.53. The average molecular weight is 382 g/mol. The summed E-state index contributed by atoms with van der Waals surface area (Å²) in [5, 5.41) is 8.74. The Morgan fingerprint density at radius 3 is 2.57 bits per heavy atom. The van der Waals surface area contributed by atoms with Crippen molar-refractivity contribution in [3.8, 4) is 0 Å². The van der Waals surface area contributed by atoms with Gasteiger partial charge in [0.15, 0.2) is 0 Å². The van der Waals surface area contributed by atoms with Gasteiger partial charge in [-0.3, -0.25) is 0 Å². The Morgan fingerprint density at radius 1 is 1.39 bits per heavy atom. The molecular formula is C14H17Cl2NO5S. The molecule has 0 saturated carbocycles. The quantitative estimate of drug-likeness (QED) is 0.817. The Balaban J connectivity index is 2.11. The zero-order valence-corrected chi connectivity index (χ0v) is 14.8. The first-order valence-corrected chi connectivity index (χ1v) is 9.16. The lowest BCUT2D eigenvalue weighted by Gasteiger charge is -2.18. The van der Waals surface area contributed by atoms with Crippen molar-refractivity contribution < 1.29 is 23.1 Å². The van der Waals surface area contributed by atoms with Gasteiger partial charge in [-0.05, 0) is 37.0 Å². The first kappa shape index (κ1) is 18.5. The highest BCUT2D eigenvalue weighted by atomic mass is 35.5. The van der Waals surface area contributed by atoms with Crippen molar-refractivity contribution >= 4 is 39.2 Å². The lowest BCUT2D eigenvalue weighted by molar-refractivity contribution is -0.142. The number of hydrogen-bond acceptors (Lipinski definition) is 4. The first-order chi connectivity index (χ1) is 10.7. The summed E-state index contributed by atoms with van der Waals surface area (Å²) in [5.74, 6) is -1.10. The molecule has 1 aromatic rings. The number of hydrogen-bond donors (Lipinski definition) is 1. The van der Waals surface area contributed by atoms with Crippen LogP contribution in [0.1, 0.15) is 12.0 Å². The topological polar surface area (TPSA) is 83.9 Å². The van der Waals surface area contributed by atoms with Crippen LogP contribution in [0.15, 0.2) is 17.0 Å². The molecule has 1 N–H and O–H groups in total. The van der Waals surface area contributed by atoms with Gasteiger partial charge in [0.05, 0.1) is 16.7 Å². The molecule has 1 aromatic carbocycles. The molecule has 0 aliphatic carbocycles. The maximum Gasteiger partial charge on any atom is 0.329 e. The molecule has 1 unspecified atom stereocenters. The Morgan fingerprint density at radius 2 is 2.00 bits per heavy atom. The van der Waals surface area contributed by atoms with Crippen molar-refractivity contribution in [1.82, 2.24) is 4.31 Å². The predicted molar refractivity (Wildman–Crippen MR) is 86.5 cm³/mol. The summed E-state index contributed by atoms with van der Waals surface area (Å²) >= 11 is 12.1. The predicted octanol–water partition coefficient (Wildman–Crippen LogP) is 2.41. The van der Waals surface area contributed by atoms with Crippen LogP contribution in [0.3, 0.4) is 0 Å². The van der Waals surface area contributed by atoms with Gasteiger partial charge < -0.3 is 9.84 Å². The number of carboxylic acids is 1. The number of sulfonamides is 1. The third kappa shape index (κ3) is 4.36. The van der Waals surface area contributed by atoms with Crippen LogP contribution >= 0.6 is 23.2 Å². The van der Waals surface area contributed by atoms with Crippen LogP contribution in [0, 0.1) is 12.8 Å². The van der Waals surface area contributed by atoms with Gasteiger partial charge in [-0.1, -0.05) is 23.2 Å². The van der Waals surface area contributed by atoms with Crippen molar-refractivity contribution in [2.75, 3.05) is 26.3 Å². The van der Waals surface area contributed by atoms with E-state index in [2.05, 4.69) is 0 Å². The monoisotopic (exact) mass is 381 g/mol. The number of ether oxygens (including phenoxy) is 1. The van der Waals surface area contributed by atoms with Crippen LogP contribution in [0.5, 0.6) is 0 Å². The fourth-order valence-corrected chi connectivity index (χ4v) is 5.33. The largest absolute Gasteiger partial charge is 0.480 e. The second kappa shape index (κ2) is 7.36. The molecule has 0 spiro atoms. The van der Waals surface area contributed by atoms with Crippen LogP contribution in [-0.4, -0.2) is 50.1 Å². The Bertz CT molecular complexity index is 684. The maximum atomic E-state index is 12.7. The van der Waals surface area contributed by atoms with E-state index < -0.39 is 22.6 Å². The van der Waals surface area contributed by atoms with E-state index in [1.54, 1.807) is 19.1 Å². The summed E-state index contributed by atoms with van der Waals surface area (Å²) in [6.45, 7) is 2.17. The van der Waals surface area contributed by atoms with Crippen molar-refractivity contribution in [2.45, 2.75) is 18.2 Å². The molecule has 23 heavy (non-hydrogen) atoms. The molecule has 1 atom stereocenters. The summed E-state index contributed by atoms with van der Waals surface area (Å²) in [6, 6.07) is 3.12. The summed E-state index contributed by atoms with van der Waals surface area (Å²) < 4.78 is 31.8. The van der Waals surface area contributed by atoms with Gasteiger partial charge >= 0.3 is 5.97 Å². The maximum absolute atomic E-state index is 12.7. The molecule has 0 bridgehead atoms. The van der Waals surface area contributed by atoms with Crippen LogP contribution in [0.2, 0.25) is 10.0 Å². The summed E-state index contributed by atoms with van der Waals surface area (Å²) in [5.41, 5.74) is 0.778. The molecule has 1 aliphatic rings. The number of carbonyl (C=O) groups is 1. The highest BCUT2D eigenvalue weighted by molar-refractivity contribution is 7.89. The van der Waals surface area contributed by atoms with Crippen LogP contribution in [-0.2, 0) is 19.6 Å². The third-order valence-electron chi connectivity index (χ3n) is 3.57. The molecule has 1 fully saturated rings. The highest BCUT2D eigenvalue weighted by Gasteiger charge is 2.35. The minimum Gasteiger partial charge on any atom is -0.480 e. The fraction of sp³-hybridized carbons (Fsp3) is 0.500. The molecule has 2 rings (SSSR count). The minimum atomic E-state index is -3.79. The molecule has 1 aliphatic heterocycles. The number of carboxylic acid groups (broad SMARTS) is 1. The lowest BCUT2D eigenvalue weighted by atomic mass is 10.1. The van der Waals surface area contributed by atoms with Crippen molar-refractivity contribution in [2.24, 2.45) is 5.92 Å². The molecule has 1 saturated heterocycles. The molecule has 1 heterocycles. The number of rotatable bonds is 6. The Kier molecular flexibility index (Phi) is 5.91.